The number of aliphatic hydroxyl groups excluding tert-OH is 1. The number of carbonyl (C=O) groups is 1. The Morgan fingerprint density at radius 3 is 2.73 bits per heavy atom. The third-order valence-corrected chi connectivity index (χ3v) is 8.39. The highest BCUT2D eigenvalue weighted by molar-refractivity contribution is 5.82. The predicted octanol–water partition coefficient (Wildman–Crippen LogP) is 3.52. The average molecular weight is 433 g/mol. The fourth-order valence-corrected chi connectivity index (χ4v) is 6.58. The number of aliphatic hydroxyl groups is 1. The average Bonchev–Trinajstić information content (AvgIpc) is 3.31. The molecule has 0 radical (unpaired) electrons. The van der Waals surface area contributed by atoms with E-state index in [0.29, 0.717) is 31.3 Å². The standard InChI is InChI=1S/C22H35F3N2O3/c1-13(8-20-15(11-28)12-30-26-20)14-4-2-5-16(9-14)27-10-18-17(21(27)29)6-3-7-19(18)22(23,24)25/h13-20,26,28H,2-12H2,1H3. The summed E-state index contributed by atoms with van der Waals surface area (Å²) < 4.78 is 40.6. The number of carbonyl (C=O) groups excluding carboxylic acids is 1. The Hall–Kier alpha value is -0.860. The maximum absolute atomic E-state index is 13.5. The second-order valence-corrected chi connectivity index (χ2v) is 10.1. The van der Waals surface area contributed by atoms with Crippen LogP contribution < -0.4 is 5.48 Å². The molecule has 8 atom stereocenters. The van der Waals surface area contributed by atoms with Gasteiger partial charge in [-0.2, -0.15) is 18.7 Å². The minimum Gasteiger partial charge on any atom is -0.396 e. The number of hydroxylamine groups is 1. The minimum absolute atomic E-state index is 0.0292. The van der Waals surface area contributed by atoms with E-state index in [4.69, 9.17) is 4.84 Å². The van der Waals surface area contributed by atoms with Gasteiger partial charge in [0.1, 0.15) is 0 Å². The monoisotopic (exact) mass is 432 g/mol. The molecule has 2 aliphatic carbocycles. The number of hydrogen-bond donors (Lipinski definition) is 2. The fraction of sp³-hybridized carbons (Fsp3) is 0.955. The molecule has 30 heavy (non-hydrogen) atoms. The first-order valence-electron chi connectivity index (χ1n) is 11.6. The summed E-state index contributed by atoms with van der Waals surface area (Å²) in [5.74, 6) is -1.40. The molecule has 2 N–H and O–H groups in total. The number of nitrogens with one attached hydrogen (secondary N) is 1. The Bertz CT molecular complexity index is 617. The van der Waals surface area contributed by atoms with Crippen LogP contribution in [-0.2, 0) is 9.63 Å². The minimum atomic E-state index is -4.21. The van der Waals surface area contributed by atoms with Crippen molar-refractivity contribution in [3.05, 3.63) is 0 Å². The summed E-state index contributed by atoms with van der Waals surface area (Å²) in [6.45, 7) is 3.12. The largest absolute Gasteiger partial charge is 0.396 e. The van der Waals surface area contributed by atoms with Crippen molar-refractivity contribution in [3.63, 3.8) is 0 Å². The molecular formula is C22H35F3N2O3. The lowest BCUT2D eigenvalue weighted by molar-refractivity contribution is -0.198. The Labute approximate surface area is 176 Å². The van der Waals surface area contributed by atoms with Crippen LogP contribution in [0.5, 0.6) is 0 Å². The Kier molecular flexibility index (Phi) is 6.66. The molecular weight excluding hydrogens is 397 g/mol. The molecule has 0 aromatic carbocycles. The lowest BCUT2D eigenvalue weighted by Crippen LogP contribution is -2.42. The summed E-state index contributed by atoms with van der Waals surface area (Å²) >= 11 is 0. The van der Waals surface area contributed by atoms with E-state index in [1.165, 1.54) is 0 Å². The van der Waals surface area contributed by atoms with Crippen molar-refractivity contribution < 1.29 is 27.9 Å². The molecule has 2 aliphatic heterocycles. The number of hydrogen-bond acceptors (Lipinski definition) is 4. The molecule has 4 aliphatic rings. The zero-order chi connectivity index (χ0) is 21.5. The highest BCUT2D eigenvalue weighted by Gasteiger charge is 2.55. The lowest BCUT2D eigenvalue weighted by atomic mass is 9.73. The van der Waals surface area contributed by atoms with Crippen LogP contribution in [0.1, 0.15) is 58.3 Å². The van der Waals surface area contributed by atoms with Gasteiger partial charge in [-0.05, 0) is 49.9 Å². The van der Waals surface area contributed by atoms with Crippen molar-refractivity contribution in [3.8, 4) is 0 Å². The highest BCUT2D eigenvalue weighted by atomic mass is 19.4. The summed E-state index contributed by atoms with van der Waals surface area (Å²) in [5.41, 5.74) is 3.02. The van der Waals surface area contributed by atoms with E-state index >= 15 is 0 Å². The van der Waals surface area contributed by atoms with Gasteiger partial charge in [-0.1, -0.05) is 26.2 Å². The van der Waals surface area contributed by atoms with Crippen LogP contribution in [0.2, 0.25) is 0 Å². The molecule has 0 bridgehead atoms. The fourth-order valence-electron chi connectivity index (χ4n) is 6.58. The second kappa shape index (κ2) is 8.94. The molecule has 0 aromatic heterocycles. The molecule has 0 aromatic rings. The van der Waals surface area contributed by atoms with E-state index in [1.807, 2.05) is 4.90 Å². The van der Waals surface area contributed by atoms with Crippen LogP contribution in [0.3, 0.4) is 0 Å². The van der Waals surface area contributed by atoms with Gasteiger partial charge in [-0.15, -0.1) is 0 Å². The normalized spacial score (nSPS) is 41.2. The number of rotatable bonds is 5. The van der Waals surface area contributed by atoms with Gasteiger partial charge in [-0.3, -0.25) is 4.79 Å². The number of alkyl halides is 3. The topological polar surface area (TPSA) is 61.8 Å². The van der Waals surface area contributed by atoms with Crippen molar-refractivity contribution in [1.29, 1.82) is 0 Å². The molecule has 8 heteroatoms. The van der Waals surface area contributed by atoms with Gasteiger partial charge >= 0.3 is 6.18 Å². The zero-order valence-corrected chi connectivity index (χ0v) is 17.7. The Morgan fingerprint density at radius 2 is 2.00 bits per heavy atom. The molecule has 4 rings (SSSR count). The first-order valence-corrected chi connectivity index (χ1v) is 11.6. The summed E-state index contributed by atoms with van der Waals surface area (Å²) in [7, 11) is 0. The number of nitrogens with zero attached hydrogens (tertiary/aromatic N) is 1. The Morgan fingerprint density at radius 1 is 1.23 bits per heavy atom. The first kappa shape index (κ1) is 22.3. The van der Waals surface area contributed by atoms with Gasteiger partial charge in [0.05, 0.1) is 12.5 Å². The lowest BCUT2D eigenvalue weighted by Gasteiger charge is -2.39. The van der Waals surface area contributed by atoms with E-state index in [-0.39, 0.29) is 43.5 Å². The summed E-state index contributed by atoms with van der Waals surface area (Å²) in [5, 5.41) is 9.51. The Balaban J connectivity index is 1.39. The van der Waals surface area contributed by atoms with Crippen molar-refractivity contribution in [2.24, 2.45) is 35.5 Å². The SMILES string of the molecule is CC(CC1NOCC1CO)C1CCCC(N2CC3C(CCCC3C(F)(F)F)C2=O)C1. The summed E-state index contributed by atoms with van der Waals surface area (Å²) in [6, 6.07) is 0.203. The first-order chi connectivity index (χ1) is 14.3. The van der Waals surface area contributed by atoms with Gasteiger partial charge < -0.3 is 14.8 Å². The molecule has 1 amide bonds. The predicted molar refractivity (Wildman–Crippen MR) is 105 cm³/mol. The van der Waals surface area contributed by atoms with Crippen molar-refractivity contribution in [1.82, 2.24) is 10.4 Å². The summed E-state index contributed by atoms with van der Waals surface area (Å²) in [6.07, 6.45) is 1.84. The second-order valence-electron chi connectivity index (χ2n) is 10.1. The van der Waals surface area contributed by atoms with Gasteiger partial charge in [0.25, 0.3) is 0 Å². The quantitative estimate of drug-likeness (QED) is 0.698. The number of halogens is 3. The van der Waals surface area contributed by atoms with Crippen molar-refractivity contribution >= 4 is 5.91 Å². The molecule has 0 spiro atoms. The van der Waals surface area contributed by atoms with Crippen LogP contribution in [0.4, 0.5) is 13.2 Å². The van der Waals surface area contributed by atoms with Gasteiger partial charge in [0, 0.05) is 37.1 Å². The zero-order valence-electron chi connectivity index (χ0n) is 17.7. The number of amides is 1. The molecule has 2 saturated heterocycles. The third-order valence-electron chi connectivity index (χ3n) is 8.39. The maximum atomic E-state index is 13.5. The molecule has 172 valence electrons. The van der Waals surface area contributed by atoms with Crippen LogP contribution in [0.15, 0.2) is 0 Å². The maximum Gasteiger partial charge on any atom is 0.392 e. The van der Waals surface area contributed by atoms with E-state index < -0.39 is 23.9 Å². The van der Waals surface area contributed by atoms with E-state index in [0.717, 1.165) is 32.1 Å². The molecule has 4 fully saturated rings. The van der Waals surface area contributed by atoms with Crippen LogP contribution in [0.25, 0.3) is 0 Å². The van der Waals surface area contributed by atoms with Gasteiger partial charge in [0.2, 0.25) is 5.91 Å². The highest BCUT2D eigenvalue weighted by Crippen LogP contribution is 2.49. The van der Waals surface area contributed by atoms with Crippen LogP contribution >= 0.6 is 0 Å². The molecule has 5 nitrogen and oxygen atoms in total. The molecule has 2 heterocycles. The van der Waals surface area contributed by atoms with E-state index in [1.54, 1.807) is 0 Å². The van der Waals surface area contributed by atoms with Gasteiger partial charge in [0.15, 0.2) is 0 Å². The smallest absolute Gasteiger partial charge is 0.392 e. The third kappa shape index (κ3) is 4.37. The summed E-state index contributed by atoms with van der Waals surface area (Å²) in [4.78, 5) is 20.2. The van der Waals surface area contributed by atoms with Crippen LogP contribution in [-0.4, -0.2) is 53.9 Å². The number of likely N-dealkylation sites (tertiary alicyclic amines) is 1. The van der Waals surface area contributed by atoms with E-state index in [2.05, 4.69) is 12.4 Å². The van der Waals surface area contributed by atoms with Gasteiger partial charge in [-0.25, -0.2) is 0 Å². The molecule has 2 saturated carbocycles. The van der Waals surface area contributed by atoms with Crippen molar-refractivity contribution in [2.45, 2.75) is 76.6 Å². The molecule has 8 unspecified atom stereocenters. The van der Waals surface area contributed by atoms with E-state index in [9.17, 15) is 23.1 Å². The number of fused-ring (bicyclic) bond motifs is 1. The van der Waals surface area contributed by atoms with Crippen LogP contribution in [0, 0.1) is 35.5 Å². The van der Waals surface area contributed by atoms with Crippen molar-refractivity contribution in [2.75, 3.05) is 19.8 Å².